The lowest BCUT2D eigenvalue weighted by molar-refractivity contribution is -0.385. The predicted octanol–water partition coefficient (Wildman–Crippen LogP) is 3.55. The third-order valence-corrected chi connectivity index (χ3v) is 4.78. The van der Waals surface area contributed by atoms with Gasteiger partial charge in [0, 0.05) is 12.6 Å². The Morgan fingerprint density at radius 3 is 2.63 bits per heavy atom. The Hall–Kier alpha value is -3.10. The molecule has 0 heterocycles. The number of methoxy groups -OCH3 is 1. The van der Waals surface area contributed by atoms with Crippen LogP contribution in [0.2, 0.25) is 0 Å². The van der Waals surface area contributed by atoms with E-state index in [-0.39, 0.29) is 23.7 Å². The lowest BCUT2D eigenvalue weighted by atomic mass is 9.97. The summed E-state index contributed by atoms with van der Waals surface area (Å²) in [7, 11) is 1.36. The Balaban J connectivity index is 2.03. The molecule has 0 saturated carbocycles. The van der Waals surface area contributed by atoms with Crippen molar-refractivity contribution in [1.29, 1.82) is 0 Å². The topological polar surface area (TPSA) is 117 Å². The van der Waals surface area contributed by atoms with Crippen LogP contribution < -0.4 is 14.8 Å². The highest BCUT2D eigenvalue weighted by Gasteiger charge is 2.28. The quantitative estimate of drug-likeness (QED) is 0.266. The standard InChI is InChI=1S/C21H28N2O7/c1-4-29-19-13-17(23(26)27)16(12-18(19)28-3)21(25)30-14(2)20(24)22-11-10-15-8-6-5-7-9-15/h8,12-14H,4-7,9-11H2,1-3H3,(H,22,24)/t14-/m0/s1. The number of carbonyl (C=O) groups excluding carboxylic acids is 2. The molecule has 0 bridgehead atoms. The van der Waals surface area contributed by atoms with Crippen molar-refractivity contribution in [1.82, 2.24) is 5.32 Å². The van der Waals surface area contributed by atoms with Gasteiger partial charge in [0.15, 0.2) is 17.6 Å². The number of ether oxygens (including phenoxy) is 3. The number of amides is 1. The van der Waals surface area contributed by atoms with E-state index in [9.17, 15) is 19.7 Å². The van der Waals surface area contributed by atoms with Crippen LogP contribution in [0.1, 0.15) is 56.3 Å². The average Bonchev–Trinajstić information content (AvgIpc) is 2.74. The summed E-state index contributed by atoms with van der Waals surface area (Å²) in [5, 5.41) is 14.1. The van der Waals surface area contributed by atoms with Gasteiger partial charge in [-0.2, -0.15) is 0 Å². The van der Waals surface area contributed by atoms with E-state index in [1.54, 1.807) is 6.92 Å². The minimum Gasteiger partial charge on any atom is -0.493 e. The fraction of sp³-hybridized carbons (Fsp3) is 0.524. The monoisotopic (exact) mass is 420 g/mol. The highest BCUT2D eigenvalue weighted by molar-refractivity contribution is 5.96. The molecule has 0 saturated heterocycles. The first-order valence-electron chi connectivity index (χ1n) is 10.0. The van der Waals surface area contributed by atoms with Crippen LogP contribution in [0, 0.1) is 10.1 Å². The van der Waals surface area contributed by atoms with Crippen LogP contribution in [-0.2, 0) is 9.53 Å². The lowest BCUT2D eigenvalue weighted by Crippen LogP contribution is -2.36. The van der Waals surface area contributed by atoms with Crippen LogP contribution in [0.5, 0.6) is 11.5 Å². The number of nitro benzene ring substituents is 1. The highest BCUT2D eigenvalue weighted by atomic mass is 16.6. The number of esters is 1. The largest absolute Gasteiger partial charge is 0.493 e. The van der Waals surface area contributed by atoms with Crippen molar-refractivity contribution in [2.45, 2.75) is 52.1 Å². The summed E-state index contributed by atoms with van der Waals surface area (Å²) in [6.45, 7) is 3.86. The Bertz CT molecular complexity index is 820. The number of nitro groups is 1. The smallest absolute Gasteiger partial charge is 0.346 e. The second-order valence-corrected chi connectivity index (χ2v) is 6.91. The molecule has 1 aliphatic carbocycles. The van der Waals surface area contributed by atoms with Gasteiger partial charge in [-0.05, 0) is 46.0 Å². The van der Waals surface area contributed by atoms with Gasteiger partial charge in [0.25, 0.3) is 11.6 Å². The fourth-order valence-corrected chi connectivity index (χ4v) is 3.19. The summed E-state index contributed by atoms with van der Waals surface area (Å²) in [5.41, 5.74) is 0.525. The second kappa shape index (κ2) is 11.2. The van der Waals surface area contributed by atoms with Gasteiger partial charge in [-0.25, -0.2) is 4.79 Å². The third kappa shape index (κ3) is 6.20. The summed E-state index contributed by atoms with van der Waals surface area (Å²) in [5.74, 6) is -1.14. The van der Waals surface area contributed by atoms with Crippen LogP contribution in [0.15, 0.2) is 23.8 Å². The maximum absolute atomic E-state index is 12.5. The second-order valence-electron chi connectivity index (χ2n) is 6.91. The van der Waals surface area contributed by atoms with Crippen LogP contribution >= 0.6 is 0 Å². The SMILES string of the molecule is CCOc1cc([N+](=O)[O-])c(C(=O)O[C@@H](C)C(=O)NCCC2=CCCCC2)cc1OC. The number of hydrogen-bond donors (Lipinski definition) is 1. The molecule has 30 heavy (non-hydrogen) atoms. The van der Waals surface area contributed by atoms with E-state index in [0.717, 1.165) is 31.7 Å². The summed E-state index contributed by atoms with van der Waals surface area (Å²) < 4.78 is 15.6. The molecule has 0 fully saturated rings. The number of allylic oxidation sites excluding steroid dienone is 1. The van der Waals surface area contributed by atoms with Gasteiger partial charge >= 0.3 is 5.97 Å². The lowest BCUT2D eigenvalue weighted by Gasteiger charge is -2.16. The Labute approximate surface area is 175 Å². The van der Waals surface area contributed by atoms with Crippen molar-refractivity contribution in [3.05, 3.63) is 39.5 Å². The number of nitrogens with zero attached hydrogens (tertiary/aromatic N) is 1. The first-order chi connectivity index (χ1) is 14.4. The zero-order valence-corrected chi connectivity index (χ0v) is 17.6. The van der Waals surface area contributed by atoms with Crippen LogP contribution in [-0.4, -0.2) is 43.2 Å². The normalized spacial score (nSPS) is 14.3. The number of rotatable bonds is 10. The van der Waals surface area contributed by atoms with Crippen LogP contribution in [0.4, 0.5) is 5.69 Å². The average molecular weight is 420 g/mol. The molecule has 0 unspecified atom stereocenters. The molecular weight excluding hydrogens is 392 g/mol. The molecule has 0 aromatic heterocycles. The molecule has 1 aromatic carbocycles. The molecule has 9 heteroatoms. The molecule has 1 aromatic rings. The molecular formula is C21H28N2O7. The van der Waals surface area contributed by atoms with Gasteiger partial charge in [0.1, 0.15) is 5.56 Å². The minimum atomic E-state index is -1.10. The zero-order chi connectivity index (χ0) is 22.1. The van der Waals surface area contributed by atoms with Crippen LogP contribution in [0.25, 0.3) is 0 Å². The number of hydrogen-bond acceptors (Lipinski definition) is 7. The summed E-state index contributed by atoms with van der Waals surface area (Å²) in [6.07, 6.45) is 6.34. The summed E-state index contributed by atoms with van der Waals surface area (Å²) in [6, 6.07) is 2.30. The molecule has 1 amide bonds. The van der Waals surface area contributed by atoms with Crippen molar-refractivity contribution in [2.75, 3.05) is 20.3 Å². The van der Waals surface area contributed by atoms with Gasteiger partial charge in [-0.1, -0.05) is 11.6 Å². The molecule has 1 N–H and O–H groups in total. The molecule has 1 aliphatic rings. The van der Waals surface area contributed by atoms with Crippen molar-refractivity contribution in [2.24, 2.45) is 0 Å². The molecule has 9 nitrogen and oxygen atoms in total. The van der Waals surface area contributed by atoms with Gasteiger partial charge in [-0.3, -0.25) is 14.9 Å². The molecule has 1 atom stereocenters. The number of carbonyl (C=O) groups is 2. The van der Waals surface area contributed by atoms with E-state index in [2.05, 4.69) is 11.4 Å². The fourth-order valence-electron chi connectivity index (χ4n) is 3.19. The van der Waals surface area contributed by atoms with Crippen molar-refractivity contribution in [3.63, 3.8) is 0 Å². The number of benzene rings is 1. The summed E-state index contributed by atoms with van der Waals surface area (Å²) >= 11 is 0. The van der Waals surface area contributed by atoms with E-state index in [1.807, 2.05) is 0 Å². The Morgan fingerprint density at radius 1 is 1.27 bits per heavy atom. The third-order valence-electron chi connectivity index (χ3n) is 4.78. The van der Waals surface area contributed by atoms with Gasteiger partial charge in [-0.15, -0.1) is 0 Å². The maximum atomic E-state index is 12.5. The highest BCUT2D eigenvalue weighted by Crippen LogP contribution is 2.35. The Kier molecular flexibility index (Phi) is 8.64. The molecule has 0 spiro atoms. The van der Waals surface area contributed by atoms with E-state index in [4.69, 9.17) is 14.2 Å². The van der Waals surface area contributed by atoms with Crippen molar-refractivity contribution < 1.29 is 28.7 Å². The van der Waals surface area contributed by atoms with E-state index >= 15 is 0 Å². The van der Waals surface area contributed by atoms with Gasteiger partial charge < -0.3 is 19.5 Å². The van der Waals surface area contributed by atoms with Crippen molar-refractivity contribution in [3.8, 4) is 11.5 Å². The van der Waals surface area contributed by atoms with Crippen molar-refractivity contribution >= 4 is 17.6 Å². The number of nitrogens with one attached hydrogen (secondary N) is 1. The predicted molar refractivity (Wildman–Crippen MR) is 110 cm³/mol. The maximum Gasteiger partial charge on any atom is 0.346 e. The molecule has 2 rings (SSSR count). The first kappa shape index (κ1) is 23.2. The van der Waals surface area contributed by atoms with Gasteiger partial charge in [0.05, 0.1) is 24.7 Å². The van der Waals surface area contributed by atoms with E-state index in [1.165, 1.54) is 32.1 Å². The molecule has 0 aliphatic heterocycles. The van der Waals surface area contributed by atoms with E-state index < -0.39 is 28.6 Å². The van der Waals surface area contributed by atoms with Crippen LogP contribution in [0.3, 0.4) is 0 Å². The minimum absolute atomic E-state index is 0.144. The summed E-state index contributed by atoms with van der Waals surface area (Å²) in [4.78, 5) is 35.5. The zero-order valence-electron chi connectivity index (χ0n) is 17.6. The first-order valence-corrected chi connectivity index (χ1v) is 10.0. The molecule has 164 valence electrons. The Morgan fingerprint density at radius 2 is 2.03 bits per heavy atom. The molecule has 0 radical (unpaired) electrons. The van der Waals surface area contributed by atoms with E-state index in [0.29, 0.717) is 6.54 Å². The van der Waals surface area contributed by atoms with Gasteiger partial charge in [0.2, 0.25) is 0 Å².